The number of rotatable bonds is 4. The second-order valence-corrected chi connectivity index (χ2v) is 2.91. The largest absolute Gasteiger partial charge is 0.417 e. The summed E-state index contributed by atoms with van der Waals surface area (Å²) in [7, 11) is 0. The molecule has 0 radical (unpaired) electrons. The second-order valence-electron chi connectivity index (χ2n) is 2.91. The molecule has 0 aliphatic carbocycles. The molecular weight excluding hydrogens is 208 g/mol. The molecule has 1 aromatic rings. The highest BCUT2D eigenvalue weighted by Gasteiger charge is 2.23. The number of benzene rings is 1. The number of esters is 1. The number of hydrogen-bond donors (Lipinski definition) is 0. The van der Waals surface area contributed by atoms with Crippen molar-refractivity contribution >= 4 is 11.8 Å². The van der Waals surface area contributed by atoms with Crippen LogP contribution in [0.1, 0.15) is 17.3 Å². The highest BCUT2D eigenvalue weighted by atomic mass is 16.7. The zero-order chi connectivity index (χ0) is 12.0. The first-order valence-electron chi connectivity index (χ1n) is 4.53. The fraction of sp³-hybridized carbons (Fsp3) is 0.167. The minimum absolute atomic E-state index is 0.365. The van der Waals surface area contributed by atoms with Crippen LogP contribution in [0.15, 0.2) is 30.3 Å². The number of ketones is 1. The van der Waals surface area contributed by atoms with Gasteiger partial charge in [-0.1, -0.05) is 36.8 Å². The molecule has 4 nitrogen and oxygen atoms in total. The topological polar surface area (TPSA) is 52.6 Å². The van der Waals surface area contributed by atoms with Gasteiger partial charge in [0.05, 0.1) is 0 Å². The predicted octanol–water partition coefficient (Wildman–Crippen LogP) is 1.37. The summed E-state index contributed by atoms with van der Waals surface area (Å²) in [6.45, 7) is 1.17. The SMILES string of the molecule is C#COC(OC(C)=O)C(=O)c1ccccc1. The van der Waals surface area contributed by atoms with E-state index in [9.17, 15) is 9.59 Å². The minimum atomic E-state index is -1.38. The Morgan fingerprint density at radius 3 is 2.44 bits per heavy atom. The maximum absolute atomic E-state index is 11.8. The van der Waals surface area contributed by atoms with Crippen LogP contribution in [0.2, 0.25) is 0 Å². The zero-order valence-electron chi connectivity index (χ0n) is 8.67. The second kappa shape index (κ2) is 5.56. The van der Waals surface area contributed by atoms with E-state index in [0.717, 1.165) is 0 Å². The van der Waals surface area contributed by atoms with Gasteiger partial charge in [0.2, 0.25) is 5.78 Å². The number of carbonyl (C=O) groups is 2. The molecule has 0 aliphatic heterocycles. The van der Waals surface area contributed by atoms with Gasteiger partial charge in [0.1, 0.15) is 6.11 Å². The Labute approximate surface area is 93.2 Å². The molecule has 0 saturated carbocycles. The molecule has 0 N–H and O–H groups in total. The van der Waals surface area contributed by atoms with E-state index in [2.05, 4.69) is 9.47 Å². The molecule has 0 bridgehead atoms. The van der Waals surface area contributed by atoms with Crippen LogP contribution in [-0.4, -0.2) is 18.0 Å². The normalized spacial score (nSPS) is 11.0. The van der Waals surface area contributed by atoms with Gasteiger partial charge in [-0.3, -0.25) is 9.59 Å². The van der Waals surface area contributed by atoms with E-state index in [1.165, 1.54) is 6.92 Å². The van der Waals surface area contributed by atoms with Crippen LogP contribution >= 0.6 is 0 Å². The van der Waals surface area contributed by atoms with Crippen molar-refractivity contribution in [1.29, 1.82) is 0 Å². The average Bonchev–Trinajstić information content (AvgIpc) is 2.28. The number of terminal acetylenes is 1. The molecule has 1 unspecified atom stereocenters. The number of hydrogen-bond acceptors (Lipinski definition) is 4. The minimum Gasteiger partial charge on any atom is -0.417 e. The highest BCUT2D eigenvalue weighted by Crippen LogP contribution is 2.07. The van der Waals surface area contributed by atoms with Gasteiger partial charge in [-0.25, -0.2) is 0 Å². The Hall–Kier alpha value is -2.28. The third-order valence-corrected chi connectivity index (χ3v) is 1.72. The lowest BCUT2D eigenvalue weighted by Crippen LogP contribution is -2.28. The summed E-state index contributed by atoms with van der Waals surface area (Å²) >= 11 is 0. The number of carbonyl (C=O) groups excluding carboxylic acids is 2. The van der Waals surface area contributed by atoms with Crippen molar-refractivity contribution in [2.24, 2.45) is 0 Å². The van der Waals surface area contributed by atoms with Crippen molar-refractivity contribution in [3.63, 3.8) is 0 Å². The molecule has 4 heteroatoms. The van der Waals surface area contributed by atoms with Crippen molar-refractivity contribution in [2.75, 3.05) is 0 Å². The zero-order valence-corrected chi connectivity index (χ0v) is 8.67. The van der Waals surface area contributed by atoms with E-state index in [1.54, 1.807) is 30.3 Å². The van der Waals surface area contributed by atoms with Crippen LogP contribution < -0.4 is 0 Å². The molecule has 0 saturated heterocycles. The van der Waals surface area contributed by atoms with Crippen molar-refractivity contribution < 1.29 is 19.1 Å². The summed E-state index contributed by atoms with van der Waals surface area (Å²) in [5.41, 5.74) is 0.365. The molecule has 1 rings (SSSR count). The van der Waals surface area contributed by atoms with Gasteiger partial charge in [-0.2, -0.15) is 0 Å². The molecule has 82 valence electrons. The first kappa shape index (κ1) is 11.8. The van der Waals surface area contributed by atoms with E-state index >= 15 is 0 Å². The molecule has 16 heavy (non-hydrogen) atoms. The molecule has 0 spiro atoms. The van der Waals surface area contributed by atoms with Crippen LogP contribution in [0.25, 0.3) is 0 Å². The molecular formula is C12H10O4. The molecule has 0 amide bonds. The van der Waals surface area contributed by atoms with Crippen molar-refractivity contribution in [1.82, 2.24) is 0 Å². The lowest BCUT2D eigenvalue weighted by Gasteiger charge is -2.12. The lowest BCUT2D eigenvalue weighted by atomic mass is 10.1. The quantitative estimate of drug-likeness (QED) is 0.331. The third-order valence-electron chi connectivity index (χ3n) is 1.72. The summed E-state index contributed by atoms with van der Waals surface area (Å²) < 4.78 is 9.26. The van der Waals surface area contributed by atoms with Crippen LogP contribution in [0, 0.1) is 12.5 Å². The van der Waals surface area contributed by atoms with E-state index in [-0.39, 0.29) is 0 Å². The van der Waals surface area contributed by atoms with Gasteiger partial charge in [-0.15, -0.1) is 0 Å². The van der Waals surface area contributed by atoms with Gasteiger partial charge in [-0.05, 0) is 0 Å². The van der Waals surface area contributed by atoms with Crippen molar-refractivity contribution in [2.45, 2.75) is 13.2 Å². The third kappa shape index (κ3) is 3.14. The Morgan fingerprint density at radius 1 is 1.31 bits per heavy atom. The Morgan fingerprint density at radius 2 is 1.94 bits per heavy atom. The molecule has 0 aliphatic rings. The summed E-state index contributed by atoms with van der Waals surface area (Å²) in [4.78, 5) is 22.5. The Kier molecular flexibility index (Phi) is 4.10. The molecule has 1 aromatic carbocycles. The first-order valence-corrected chi connectivity index (χ1v) is 4.53. The maximum Gasteiger partial charge on any atom is 0.317 e. The number of ether oxygens (including phenoxy) is 2. The van der Waals surface area contributed by atoms with Crippen LogP contribution in [0.5, 0.6) is 0 Å². The summed E-state index contributed by atoms with van der Waals surface area (Å²) in [5.74, 6) is -1.13. The van der Waals surface area contributed by atoms with Gasteiger partial charge in [0.15, 0.2) is 0 Å². The Balaban J connectivity index is 2.84. The first-order chi connectivity index (χ1) is 7.65. The van der Waals surface area contributed by atoms with Crippen LogP contribution in [0.3, 0.4) is 0 Å². The van der Waals surface area contributed by atoms with E-state index in [1.807, 2.05) is 6.11 Å². The highest BCUT2D eigenvalue weighted by molar-refractivity contribution is 5.99. The van der Waals surface area contributed by atoms with E-state index in [0.29, 0.717) is 5.56 Å². The van der Waals surface area contributed by atoms with Gasteiger partial charge >= 0.3 is 12.3 Å². The smallest absolute Gasteiger partial charge is 0.317 e. The average molecular weight is 218 g/mol. The van der Waals surface area contributed by atoms with E-state index < -0.39 is 18.0 Å². The summed E-state index contributed by atoms with van der Waals surface area (Å²) in [6, 6.07) is 8.30. The predicted molar refractivity (Wildman–Crippen MR) is 56.2 cm³/mol. The monoisotopic (exact) mass is 218 g/mol. The lowest BCUT2D eigenvalue weighted by molar-refractivity contribution is -0.157. The van der Waals surface area contributed by atoms with E-state index in [4.69, 9.17) is 6.42 Å². The maximum atomic E-state index is 11.8. The number of Topliss-reactive ketones (excluding diaryl/α,β-unsaturated/α-hetero) is 1. The van der Waals surface area contributed by atoms with Crippen molar-refractivity contribution in [3.8, 4) is 12.5 Å². The van der Waals surface area contributed by atoms with Crippen molar-refractivity contribution in [3.05, 3.63) is 35.9 Å². The standard InChI is InChI=1S/C12H10O4/c1-3-15-12(16-9(2)13)11(14)10-7-5-4-6-8-10/h1,4-8,12H,2H3. The van der Waals surface area contributed by atoms with Crippen LogP contribution in [-0.2, 0) is 14.3 Å². The van der Waals surface area contributed by atoms with Gasteiger partial charge < -0.3 is 9.47 Å². The molecule has 0 fully saturated rings. The Bertz CT molecular complexity index is 416. The molecule has 0 heterocycles. The molecule has 1 atom stereocenters. The summed E-state index contributed by atoms with van der Waals surface area (Å²) in [5, 5.41) is 0. The van der Waals surface area contributed by atoms with Gasteiger partial charge in [0, 0.05) is 12.5 Å². The fourth-order valence-corrected chi connectivity index (χ4v) is 1.08. The van der Waals surface area contributed by atoms with Crippen LogP contribution in [0.4, 0.5) is 0 Å². The summed E-state index contributed by atoms with van der Waals surface area (Å²) in [6.07, 6.45) is 5.35. The van der Waals surface area contributed by atoms with Gasteiger partial charge in [0.25, 0.3) is 0 Å². The molecule has 0 aromatic heterocycles. The fourth-order valence-electron chi connectivity index (χ4n) is 1.08.